The number of benzene rings is 1. The van der Waals surface area contributed by atoms with E-state index in [9.17, 15) is 18.8 Å². The summed E-state index contributed by atoms with van der Waals surface area (Å²) >= 11 is 2.02. The van der Waals surface area contributed by atoms with Crippen molar-refractivity contribution >= 4 is 52.0 Å². The molecule has 3 aromatic rings. The lowest BCUT2D eigenvalue weighted by molar-refractivity contribution is -0.123. The molecule has 0 bridgehead atoms. The summed E-state index contributed by atoms with van der Waals surface area (Å²) in [6.45, 7) is 0. The fourth-order valence-corrected chi connectivity index (χ4v) is 5.47. The van der Waals surface area contributed by atoms with Gasteiger partial charge in [-0.15, -0.1) is 11.3 Å². The van der Waals surface area contributed by atoms with Gasteiger partial charge in [0.15, 0.2) is 11.7 Å². The number of nitrogens with two attached hydrogens (primary N) is 2. The highest BCUT2D eigenvalue weighted by molar-refractivity contribution is 7.10. The zero-order valence-electron chi connectivity index (χ0n) is 17.5. The molecule has 1 aliphatic carbocycles. The highest BCUT2D eigenvalue weighted by atomic mass is 32.1. The van der Waals surface area contributed by atoms with Crippen LogP contribution in [-0.4, -0.2) is 28.1 Å². The second-order valence-electron chi connectivity index (χ2n) is 7.70. The lowest BCUT2D eigenvalue weighted by Crippen LogP contribution is -2.46. The fraction of sp³-hybridized carbons (Fsp3) is 0.273. The maximum atomic E-state index is 14.2. The Bertz CT molecular complexity index is 1170. The summed E-state index contributed by atoms with van der Waals surface area (Å²) in [6.07, 6.45) is 3.77. The van der Waals surface area contributed by atoms with E-state index in [0.29, 0.717) is 16.4 Å². The third kappa shape index (κ3) is 4.74. The van der Waals surface area contributed by atoms with Crippen molar-refractivity contribution in [3.8, 4) is 0 Å². The van der Waals surface area contributed by atoms with Crippen molar-refractivity contribution in [2.45, 2.75) is 37.8 Å². The molecule has 1 saturated carbocycles. The quantitative estimate of drug-likeness (QED) is 0.470. The Hall–Kier alpha value is -3.31. The number of thiophene rings is 1. The van der Waals surface area contributed by atoms with E-state index in [4.69, 9.17) is 11.5 Å². The minimum atomic E-state index is -1.07. The maximum absolute atomic E-state index is 14.2. The molecule has 1 aliphatic rings. The molecule has 0 aliphatic heterocycles. The minimum absolute atomic E-state index is 0.0133. The number of carbonyl (C=O) groups excluding carboxylic acids is 3. The Morgan fingerprint density at radius 2 is 1.94 bits per heavy atom. The predicted molar refractivity (Wildman–Crippen MR) is 126 cm³/mol. The van der Waals surface area contributed by atoms with Gasteiger partial charge >= 0.3 is 0 Å². The Kier molecular flexibility index (Phi) is 6.70. The summed E-state index contributed by atoms with van der Waals surface area (Å²) in [5, 5.41) is 4.84. The van der Waals surface area contributed by atoms with Crippen LogP contribution in [0.5, 0.6) is 0 Å². The monoisotopic (exact) mass is 487 g/mol. The molecule has 1 fully saturated rings. The number of nitrogens with one attached hydrogen (secondary N) is 1. The van der Waals surface area contributed by atoms with E-state index in [2.05, 4.69) is 9.69 Å². The second kappa shape index (κ2) is 9.67. The number of hydrogen-bond acceptors (Lipinski definition) is 7. The van der Waals surface area contributed by atoms with E-state index >= 15 is 0 Å². The topological polar surface area (TPSA) is 131 Å². The summed E-state index contributed by atoms with van der Waals surface area (Å²) in [7, 11) is 0. The van der Waals surface area contributed by atoms with E-state index in [1.54, 1.807) is 17.5 Å². The van der Waals surface area contributed by atoms with Crippen LogP contribution in [0, 0.1) is 5.82 Å². The SMILES string of the molecule is NC(=O)c1nsc(C(=O)N(c2cccc(F)c2)C(C(=O)NC2CCCC2)c2cccs2)c1N. The molecule has 4 rings (SSSR count). The summed E-state index contributed by atoms with van der Waals surface area (Å²) < 4.78 is 18.1. The molecule has 0 spiro atoms. The van der Waals surface area contributed by atoms with Crippen LogP contribution in [0.2, 0.25) is 0 Å². The molecule has 0 radical (unpaired) electrons. The molecule has 1 unspecified atom stereocenters. The fourth-order valence-electron chi connectivity index (χ4n) is 3.92. The first-order valence-electron chi connectivity index (χ1n) is 10.3. The Balaban J connectivity index is 1.81. The highest BCUT2D eigenvalue weighted by Crippen LogP contribution is 2.35. The standard InChI is InChI=1S/C22H22FN5O3S2/c23-12-5-3-8-14(11-12)28(22(31)19-16(24)17(20(25)29)27-33-19)18(15-9-4-10-32-15)21(30)26-13-6-1-2-7-13/h3-5,8-11,13,18H,1-2,6-7,24H2,(H2,25,29)(H,26,30). The van der Waals surface area contributed by atoms with Crippen molar-refractivity contribution in [2.24, 2.45) is 5.73 Å². The summed E-state index contributed by atoms with van der Waals surface area (Å²) in [5.41, 5.74) is 11.1. The van der Waals surface area contributed by atoms with Crippen molar-refractivity contribution < 1.29 is 18.8 Å². The number of anilines is 2. The first-order chi connectivity index (χ1) is 15.9. The number of halogens is 1. The molecule has 8 nitrogen and oxygen atoms in total. The third-order valence-electron chi connectivity index (χ3n) is 5.48. The second-order valence-corrected chi connectivity index (χ2v) is 9.45. The first kappa shape index (κ1) is 22.9. The van der Waals surface area contributed by atoms with Gasteiger partial charge in [-0.3, -0.25) is 19.3 Å². The van der Waals surface area contributed by atoms with E-state index in [1.807, 2.05) is 0 Å². The number of nitrogens with zero attached hydrogens (tertiary/aromatic N) is 2. The van der Waals surface area contributed by atoms with Gasteiger partial charge in [0.25, 0.3) is 11.8 Å². The van der Waals surface area contributed by atoms with Gasteiger partial charge in [0.1, 0.15) is 10.7 Å². The van der Waals surface area contributed by atoms with Gasteiger partial charge in [-0.2, -0.15) is 4.37 Å². The van der Waals surface area contributed by atoms with Crippen molar-refractivity contribution in [2.75, 3.05) is 10.6 Å². The molecule has 2 heterocycles. The molecule has 5 N–H and O–H groups in total. The summed E-state index contributed by atoms with van der Waals surface area (Å²) in [5.74, 6) is -2.49. The van der Waals surface area contributed by atoms with Crippen LogP contribution in [0.4, 0.5) is 15.8 Å². The van der Waals surface area contributed by atoms with E-state index < -0.39 is 23.7 Å². The Morgan fingerprint density at radius 1 is 1.18 bits per heavy atom. The number of nitrogen functional groups attached to an aromatic ring is 1. The predicted octanol–water partition coefficient (Wildman–Crippen LogP) is 3.47. The van der Waals surface area contributed by atoms with Crippen LogP contribution >= 0.6 is 22.9 Å². The van der Waals surface area contributed by atoms with Crippen LogP contribution < -0.4 is 21.7 Å². The van der Waals surface area contributed by atoms with E-state index in [0.717, 1.165) is 25.7 Å². The van der Waals surface area contributed by atoms with E-state index in [1.165, 1.54) is 40.5 Å². The van der Waals surface area contributed by atoms with Gasteiger partial charge in [0.2, 0.25) is 5.91 Å². The smallest absolute Gasteiger partial charge is 0.273 e. The number of carbonyl (C=O) groups is 3. The van der Waals surface area contributed by atoms with Gasteiger partial charge in [0, 0.05) is 16.6 Å². The average Bonchev–Trinajstić information content (AvgIpc) is 3.53. The normalized spacial score (nSPS) is 14.7. The molecule has 2 aromatic heterocycles. The van der Waals surface area contributed by atoms with Crippen LogP contribution in [-0.2, 0) is 4.79 Å². The number of amides is 3. The molecule has 11 heteroatoms. The summed E-state index contributed by atoms with van der Waals surface area (Å²) in [6, 6.07) is 7.87. The molecule has 1 atom stereocenters. The number of primary amides is 1. The minimum Gasteiger partial charge on any atom is -0.395 e. The van der Waals surface area contributed by atoms with Crippen molar-refractivity contribution in [1.29, 1.82) is 0 Å². The van der Waals surface area contributed by atoms with Crippen molar-refractivity contribution in [3.05, 3.63) is 63.0 Å². The van der Waals surface area contributed by atoms with Crippen molar-refractivity contribution in [3.63, 3.8) is 0 Å². The zero-order chi connectivity index (χ0) is 23.5. The number of aromatic nitrogens is 1. The van der Waals surface area contributed by atoms with E-state index in [-0.39, 0.29) is 33.9 Å². The lowest BCUT2D eigenvalue weighted by atomic mass is 10.1. The zero-order valence-corrected chi connectivity index (χ0v) is 19.1. The Labute approximate surface area is 197 Å². The molecular weight excluding hydrogens is 465 g/mol. The lowest BCUT2D eigenvalue weighted by Gasteiger charge is -2.31. The largest absolute Gasteiger partial charge is 0.395 e. The van der Waals surface area contributed by atoms with Crippen LogP contribution in [0.15, 0.2) is 41.8 Å². The van der Waals surface area contributed by atoms with Crippen LogP contribution in [0.1, 0.15) is 56.8 Å². The van der Waals surface area contributed by atoms with Crippen LogP contribution in [0.3, 0.4) is 0 Å². The van der Waals surface area contributed by atoms with Gasteiger partial charge in [-0.1, -0.05) is 25.0 Å². The number of hydrogen-bond donors (Lipinski definition) is 3. The summed E-state index contributed by atoms with van der Waals surface area (Å²) in [4.78, 5) is 40.6. The maximum Gasteiger partial charge on any atom is 0.273 e. The van der Waals surface area contributed by atoms with Gasteiger partial charge in [-0.25, -0.2) is 4.39 Å². The third-order valence-corrected chi connectivity index (χ3v) is 7.26. The van der Waals surface area contributed by atoms with Gasteiger partial charge in [-0.05, 0) is 54.0 Å². The molecule has 172 valence electrons. The van der Waals surface area contributed by atoms with Crippen molar-refractivity contribution in [1.82, 2.24) is 9.69 Å². The first-order valence-corrected chi connectivity index (χ1v) is 12.0. The van der Waals surface area contributed by atoms with Gasteiger partial charge in [0.05, 0.1) is 5.69 Å². The Morgan fingerprint density at radius 3 is 2.55 bits per heavy atom. The van der Waals surface area contributed by atoms with Gasteiger partial charge < -0.3 is 16.8 Å². The molecule has 3 amide bonds. The molecule has 1 aromatic carbocycles. The molecule has 0 saturated heterocycles. The molecule has 33 heavy (non-hydrogen) atoms. The molecular formula is C22H22FN5O3S2. The van der Waals surface area contributed by atoms with Crippen LogP contribution in [0.25, 0.3) is 0 Å². The number of rotatable bonds is 7. The average molecular weight is 488 g/mol. The highest BCUT2D eigenvalue weighted by Gasteiger charge is 2.37.